The summed E-state index contributed by atoms with van der Waals surface area (Å²) in [6.45, 7) is 4.12. The summed E-state index contributed by atoms with van der Waals surface area (Å²) in [5, 5.41) is 7.67. The largest absolute Gasteiger partial charge is 0.339 e. The highest BCUT2D eigenvalue weighted by molar-refractivity contribution is 7.92. The number of likely N-dealkylation sites (tertiary alicyclic amines) is 1. The Hall–Kier alpha value is -1.94. The zero-order chi connectivity index (χ0) is 17.7. The van der Waals surface area contributed by atoms with E-state index >= 15 is 0 Å². The van der Waals surface area contributed by atoms with Gasteiger partial charge in [0.05, 0.1) is 17.0 Å². The molecule has 0 aromatic carbocycles. The van der Waals surface area contributed by atoms with Crippen molar-refractivity contribution in [2.24, 2.45) is 0 Å². The maximum Gasteiger partial charge on any atom is 0.240 e. The number of amides is 1. The van der Waals surface area contributed by atoms with E-state index in [9.17, 15) is 13.2 Å². The lowest BCUT2D eigenvalue weighted by Gasteiger charge is -2.36. The van der Waals surface area contributed by atoms with Crippen LogP contribution in [0.25, 0.3) is 0 Å². The second kappa shape index (κ2) is 7.75. The Bertz CT molecular complexity index is 722. The summed E-state index contributed by atoms with van der Waals surface area (Å²) in [6.07, 6.45) is 5.13. The van der Waals surface area contributed by atoms with E-state index < -0.39 is 15.1 Å². The first kappa shape index (κ1) is 18.4. The molecule has 0 saturated carbocycles. The maximum atomic E-state index is 12.7. The molecule has 1 fully saturated rings. The van der Waals surface area contributed by atoms with Crippen molar-refractivity contribution in [1.29, 1.82) is 5.26 Å². The molecule has 0 N–H and O–H groups in total. The third-order valence-electron chi connectivity index (χ3n) is 4.57. The maximum absolute atomic E-state index is 12.7. The number of nitrogens with zero attached hydrogens (tertiary/aromatic N) is 3. The van der Waals surface area contributed by atoms with Crippen LogP contribution in [0.1, 0.15) is 50.8 Å². The van der Waals surface area contributed by atoms with Gasteiger partial charge in [-0.1, -0.05) is 6.92 Å². The first-order valence-corrected chi connectivity index (χ1v) is 9.97. The molecular formula is C17H23N3O3S. The highest BCUT2D eigenvalue weighted by atomic mass is 32.2. The van der Waals surface area contributed by atoms with Gasteiger partial charge in [0.2, 0.25) is 5.91 Å². The molecule has 130 valence electrons. The number of carbonyl (C=O) groups excluding carboxylic acids is 1. The van der Waals surface area contributed by atoms with E-state index in [4.69, 9.17) is 5.26 Å². The Morgan fingerprint density at radius 1 is 1.46 bits per heavy atom. The molecule has 24 heavy (non-hydrogen) atoms. The van der Waals surface area contributed by atoms with Crippen molar-refractivity contribution in [3.05, 3.63) is 29.6 Å². The van der Waals surface area contributed by atoms with E-state index in [0.717, 1.165) is 25.7 Å². The summed E-state index contributed by atoms with van der Waals surface area (Å²) in [5.74, 6) is -0.605. The summed E-state index contributed by atoms with van der Waals surface area (Å²) in [4.78, 5) is 18.4. The van der Waals surface area contributed by atoms with Crippen molar-refractivity contribution in [3.8, 4) is 6.07 Å². The van der Waals surface area contributed by atoms with Crippen LogP contribution in [0.4, 0.5) is 0 Å². The topological polar surface area (TPSA) is 91.1 Å². The first-order chi connectivity index (χ1) is 11.4. The minimum atomic E-state index is -3.65. The van der Waals surface area contributed by atoms with Gasteiger partial charge in [-0.15, -0.1) is 0 Å². The first-order valence-electron chi connectivity index (χ1n) is 8.26. The Kier molecular flexibility index (Phi) is 5.94. The number of carbonyl (C=O) groups is 1. The molecule has 1 amide bonds. The molecule has 7 heteroatoms. The zero-order valence-electron chi connectivity index (χ0n) is 14.1. The molecule has 0 aliphatic carbocycles. The summed E-state index contributed by atoms with van der Waals surface area (Å²) in [7, 11) is -3.65. The SMILES string of the molecule is CCC1CCCCN1C(=O)C(C)S(=O)(=O)Cc1ccc(C#N)cn1. The Morgan fingerprint density at radius 2 is 2.21 bits per heavy atom. The average molecular weight is 349 g/mol. The molecule has 1 aliphatic rings. The molecule has 6 nitrogen and oxygen atoms in total. The van der Waals surface area contributed by atoms with Crippen LogP contribution in [-0.4, -0.2) is 42.0 Å². The van der Waals surface area contributed by atoms with Crippen molar-refractivity contribution in [2.45, 2.75) is 56.6 Å². The predicted octanol–water partition coefficient (Wildman–Crippen LogP) is 2.05. The number of piperidine rings is 1. The van der Waals surface area contributed by atoms with Crippen LogP contribution in [0.2, 0.25) is 0 Å². The van der Waals surface area contributed by atoms with Crippen LogP contribution in [0.3, 0.4) is 0 Å². The lowest BCUT2D eigenvalue weighted by molar-refractivity contribution is -0.134. The minimum Gasteiger partial charge on any atom is -0.339 e. The van der Waals surface area contributed by atoms with Gasteiger partial charge >= 0.3 is 0 Å². The van der Waals surface area contributed by atoms with E-state index in [0.29, 0.717) is 17.8 Å². The zero-order valence-corrected chi connectivity index (χ0v) is 14.9. The van der Waals surface area contributed by atoms with Crippen LogP contribution < -0.4 is 0 Å². The van der Waals surface area contributed by atoms with Gasteiger partial charge in [0.15, 0.2) is 9.84 Å². The molecule has 2 heterocycles. The molecule has 1 aromatic rings. The summed E-state index contributed by atoms with van der Waals surface area (Å²) < 4.78 is 25.2. The van der Waals surface area contributed by atoms with Crippen LogP contribution in [0.5, 0.6) is 0 Å². The van der Waals surface area contributed by atoms with Gasteiger partial charge in [0.1, 0.15) is 11.3 Å². The number of hydrogen-bond acceptors (Lipinski definition) is 5. The standard InChI is InChI=1S/C17H23N3O3S/c1-3-16-6-4-5-9-20(16)17(21)13(2)24(22,23)12-15-8-7-14(10-18)11-19-15/h7-8,11,13,16H,3-6,9,12H2,1-2H3. The lowest BCUT2D eigenvalue weighted by Crippen LogP contribution is -2.49. The van der Waals surface area contributed by atoms with Gasteiger partial charge < -0.3 is 4.90 Å². The van der Waals surface area contributed by atoms with Gasteiger partial charge in [0, 0.05) is 18.8 Å². The van der Waals surface area contributed by atoms with Crippen LogP contribution >= 0.6 is 0 Å². The fourth-order valence-electron chi connectivity index (χ4n) is 3.01. The Balaban J connectivity index is 2.12. The van der Waals surface area contributed by atoms with Crippen LogP contribution in [0.15, 0.2) is 18.3 Å². The smallest absolute Gasteiger partial charge is 0.240 e. The van der Waals surface area contributed by atoms with Crippen molar-refractivity contribution >= 4 is 15.7 Å². The van der Waals surface area contributed by atoms with Crippen LogP contribution in [-0.2, 0) is 20.4 Å². The van der Waals surface area contributed by atoms with Gasteiger partial charge in [-0.3, -0.25) is 9.78 Å². The molecule has 1 saturated heterocycles. The molecule has 1 aliphatic heterocycles. The minimum absolute atomic E-state index is 0.136. The van der Waals surface area contributed by atoms with Crippen molar-refractivity contribution < 1.29 is 13.2 Å². The fourth-order valence-corrected chi connectivity index (χ4v) is 4.29. The lowest BCUT2D eigenvalue weighted by atomic mass is 10.00. The highest BCUT2D eigenvalue weighted by Crippen LogP contribution is 2.22. The second-order valence-corrected chi connectivity index (χ2v) is 8.51. The summed E-state index contributed by atoms with van der Waals surface area (Å²) in [6, 6.07) is 5.12. The van der Waals surface area contributed by atoms with Gasteiger partial charge in [-0.05, 0) is 44.7 Å². The van der Waals surface area contributed by atoms with Crippen LogP contribution in [0, 0.1) is 11.3 Å². The average Bonchev–Trinajstić information content (AvgIpc) is 2.60. The molecule has 0 bridgehead atoms. The van der Waals surface area contributed by atoms with Crippen molar-refractivity contribution in [2.75, 3.05) is 6.54 Å². The molecule has 1 aromatic heterocycles. The fraction of sp³-hybridized carbons (Fsp3) is 0.588. The second-order valence-electron chi connectivity index (χ2n) is 6.19. The summed E-state index contributed by atoms with van der Waals surface area (Å²) in [5.41, 5.74) is 0.721. The molecule has 0 spiro atoms. The molecule has 2 unspecified atom stereocenters. The van der Waals surface area contributed by atoms with Gasteiger partial charge in [-0.2, -0.15) is 5.26 Å². The number of aromatic nitrogens is 1. The quantitative estimate of drug-likeness (QED) is 0.811. The number of nitriles is 1. The third-order valence-corrected chi connectivity index (χ3v) is 6.55. The molecule has 0 radical (unpaired) electrons. The molecule has 2 atom stereocenters. The number of pyridine rings is 1. The molecule has 2 rings (SSSR count). The van der Waals surface area contributed by atoms with Crippen molar-refractivity contribution in [1.82, 2.24) is 9.88 Å². The number of rotatable bonds is 5. The van der Waals surface area contributed by atoms with E-state index in [1.165, 1.54) is 25.3 Å². The van der Waals surface area contributed by atoms with E-state index in [-0.39, 0.29) is 17.7 Å². The highest BCUT2D eigenvalue weighted by Gasteiger charge is 2.35. The van der Waals surface area contributed by atoms with Crippen molar-refractivity contribution in [3.63, 3.8) is 0 Å². The Labute approximate surface area is 143 Å². The monoisotopic (exact) mass is 349 g/mol. The molecular weight excluding hydrogens is 326 g/mol. The van der Waals surface area contributed by atoms with E-state index in [1.54, 1.807) is 4.90 Å². The van der Waals surface area contributed by atoms with E-state index in [1.807, 2.05) is 13.0 Å². The number of hydrogen-bond donors (Lipinski definition) is 0. The van der Waals surface area contributed by atoms with Gasteiger partial charge in [0.25, 0.3) is 0 Å². The Morgan fingerprint density at radius 3 is 2.79 bits per heavy atom. The third kappa shape index (κ3) is 4.12. The normalized spacial score (nSPS) is 19.5. The van der Waals surface area contributed by atoms with Gasteiger partial charge in [-0.25, -0.2) is 8.42 Å². The van der Waals surface area contributed by atoms with E-state index in [2.05, 4.69) is 4.98 Å². The summed E-state index contributed by atoms with van der Waals surface area (Å²) >= 11 is 0. The predicted molar refractivity (Wildman–Crippen MR) is 90.7 cm³/mol. The number of sulfone groups is 1.